The number of carboxylic acids is 2. The number of ether oxygens (including phenoxy) is 1. The third kappa shape index (κ3) is 9.01. The molecule has 14 heteroatoms. The summed E-state index contributed by atoms with van der Waals surface area (Å²) in [6.07, 6.45) is 4.01. The van der Waals surface area contributed by atoms with E-state index in [1.165, 1.54) is 22.9 Å². The van der Waals surface area contributed by atoms with Gasteiger partial charge in [0, 0.05) is 18.8 Å². The fourth-order valence-corrected chi connectivity index (χ4v) is 8.22. The van der Waals surface area contributed by atoms with Crippen molar-refractivity contribution in [3.63, 3.8) is 0 Å². The van der Waals surface area contributed by atoms with Crippen LogP contribution in [0, 0.1) is 11.8 Å². The lowest BCUT2D eigenvalue weighted by Crippen LogP contribution is -2.53. The van der Waals surface area contributed by atoms with Crippen LogP contribution in [0.2, 0.25) is 0 Å². The number of aliphatic carboxylic acids is 2. The van der Waals surface area contributed by atoms with Gasteiger partial charge in [0.15, 0.2) is 0 Å². The maximum atomic E-state index is 13.3. The number of carboxylic acid groups (broad SMARTS) is 2. The molecule has 0 unspecified atom stereocenters. The van der Waals surface area contributed by atoms with Crippen molar-refractivity contribution in [3.05, 3.63) is 58.9 Å². The Balaban J connectivity index is 1.54. The first kappa shape index (κ1) is 36.1. The first-order chi connectivity index (χ1) is 22.5. The van der Waals surface area contributed by atoms with Crippen LogP contribution in [0.4, 0.5) is 0 Å². The number of carbonyl (C=O) groups is 5. The molecule has 1 heterocycles. The predicted octanol–water partition coefficient (Wildman–Crippen LogP) is 1.67. The van der Waals surface area contributed by atoms with Gasteiger partial charge in [-0.25, -0.2) is 4.79 Å². The number of nitrogens with one attached hydrogen (secondary N) is 4. The summed E-state index contributed by atoms with van der Waals surface area (Å²) < 4.78 is 5.38. The van der Waals surface area contributed by atoms with E-state index in [0.29, 0.717) is 18.6 Å². The molecule has 0 spiro atoms. The van der Waals surface area contributed by atoms with E-state index in [2.05, 4.69) is 28.1 Å². The Kier molecular flexibility index (Phi) is 12.6. The highest BCUT2D eigenvalue weighted by molar-refractivity contribution is 8.00. The van der Waals surface area contributed by atoms with Crippen molar-refractivity contribution >= 4 is 41.5 Å². The largest absolute Gasteiger partial charge is 0.480 e. The Morgan fingerprint density at radius 2 is 1.83 bits per heavy atom. The molecule has 256 valence electrons. The SMILES string of the molecule is CCC[C@@]1(SC[C@H](NC(=O)CC[C@H](NCNC)C(=O)O)C(=O)N[C@@H](O)C(=O)O)CC[C@@H]2CC(Cc3ccccc3)=C[C@@H]3C(=O)OC1=C23. The van der Waals surface area contributed by atoms with Gasteiger partial charge in [-0.15, -0.1) is 11.8 Å². The maximum absolute atomic E-state index is 13.3. The highest BCUT2D eigenvalue weighted by atomic mass is 32.2. The van der Waals surface area contributed by atoms with Gasteiger partial charge < -0.3 is 36.0 Å². The fraction of sp³-hybridized carbons (Fsp3) is 0.545. The molecule has 3 aliphatic rings. The standard InChI is InChI=1S/C33H44N4O9S/c1-3-12-33(13-11-21-15-20(14-19-7-5-4-6-8-19)16-22-26(21)27(33)46-32(22)45)47-17-24(28(39)37-29(40)31(43)44)36-25(38)10-9-23(30(41)42)35-18-34-2/h4-8,16,21-24,29,34-35,40H,3,9-15,17-18H2,1-2H3,(H,36,38)(H,37,39)(H,41,42)(H,43,44)/t21-,22+,23+,24+,29+,33-/m1/s1. The second kappa shape index (κ2) is 16.4. The Morgan fingerprint density at radius 3 is 2.49 bits per heavy atom. The van der Waals surface area contributed by atoms with E-state index in [4.69, 9.17) is 9.84 Å². The summed E-state index contributed by atoms with van der Waals surface area (Å²) in [4.78, 5) is 62.2. The number of hydrogen-bond acceptors (Lipinski definition) is 10. The average Bonchev–Trinajstić information content (AvgIpc) is 3.38. The molecule has 1 aromatic carbocycles. The zero-order valence-electron chi connectivity index (χ0n) is 26.6. The third-order valence-electron chi connectivity index (χ3n) is 8.82. The van der Waals surface area contributed by atoms with E-state index >= 15 is 0 Å². The molecule has 4 rings (SSSR count). The number of benzene rings is 1. The monoisotopic (exact) mass is 672 g/mol. The van der Waals surface area contributed by atoms with Crippen LogP contribution in [-0.4, -0.2) is 87.6 Å². The van der Waals surface area contributed by atoms with Crippen LogP contribution in [-0.2, 0) is 35.1 Å². The van der Waals surface area contributed by atoms with Crippen molar-refractivity contribution in [1.82, 2.24) is 21.3 Å². The molecule has 0 radical (unpaired) electrons. The summed E-state index contributed by atoms with van der Waals surface area (Å²) in [7, 11) is 1.64. The van der Waals surface area contributed by atoms with Crippen LogP contribution in [0.25, 0.3) is 0 Å². The van der Waals surface area contributed by atoms with Gasteiger partial charge in [-0.1, -0.05) is 55.3 Å². The number of carbonyl (C=O) groups excluding carboxylic acids is 3. The zero-order valence-corrected chi connectivity index (χ0v) is 27.4. The van der Waals surface area contributed by atoms with Crippen LogP contribution in [0.15, 0.2) is 53.3 Å². The second-order valence-corrected chi connectivity index (χ2v) is 13.6. The predicted molar refractivity (Wildman–Crippen MR) is 174 cm³/mol. The number of thioether (sulfide) groups is 1. The van der Waals surface area contributed by atoms with Gasteiger partial charge in [-0.2, -0.15) is 0 Å². The van der Waals surface area contributed by atoms with Crippen molar-refractivity contribution < 1.29 is 44.0 Å². The van der Waals surface area contributed by atoms with Gasteiger partial charge in [-0.05, 0) is 62.6 Å². The smallest absolute Gasteiger partial charge is 0.353 e. The van der Waals surface area contributed by atoms with Crippen LogP contribution in [0.5, 0.6) is 0 Å². The van der Waals surface area contributed by atoms with E-state index in [1.54, 1.807) is 7.05 Å². The molecule has 1 aromatic rings. The maximum Gasteiger partial charge on any atom is 0.353 e. The number of rotatable bonds is 18. The molecule has 13 nitrogen and oxygen atoms in total. The van der Waals surface area contributed by atoms with E-state index in [9.17, 15) is 34.2 Å². The van der Waals surface area contributed by atoms with E-state index in [-0.39, 0.29) is 37.2 Å². The number of aliphatic hydroxyl groups excluding tert-OH is 1. The third-order valence-corrected chi connectivity index (χ3v) is 10.5. The summed E-state index contributed by atoms with van der Waals surface area (Å²) in [5.41, 5.74) is 3.36. The quantitative estimate of drug-likeness (QED) is 0.0676. The molecule has 0 bridgehead atoms. The molecule has 6 atom stereocenters. The summed E-state index contributed by atoms with van der Waals surface area (Å²) in [5, 5.41) is 38.5. The highest BCUT2D eigenvalue weighted by Crippen LogP contribution is 2.56. The lowest BCUT2D eigenvalue weighted by molar-refractivity contribution is -0.151. The van der Waals surface area contributed by atoms with Gasteiger partial charge in [0.2, 0.25) is 18.0 Å². The van der Waals surface area contributed by atoms with Crippen LogP contribution < -0.4 is 21.3 Å². The minimum atomic E-state index is -2.19. The van der Waals surface area contributed by atoms with E-state index in [1.807, 2.05) is 36.5 Å². The zero-order chi connectivity index (χ0) is 34.1. The molecule has 2 amide bonds. The molecule has 0 saturated heterocycles. The molecular formula is C33H44N4O9S. The minimum absolute atomic E-state index is 0.0109. The fourth-order valence-electron chi connectivity index (χ4n) is 6.60. The number of hydrogen-bond donors (Lipinski definition) is 7. The lowest BCUT2D eigenvalue weighted by atomic mass is 9.69. The Hall–Kier alpha value is -3.72. The van der Waals surface area contributed by atoms with Crippen molar-refractivity contribution in [2.45, 2.75) is 81.3 Å². The Bertz CT molecular complexity index is 1400. The van der Waals surface area contributed by atoms with Crippen LogP contribution in [0.1, 0.15) is 57.4 Å². The molecule has 7 N–H and O–H groups in total. The number of esters is 1. The molecule has 47 heavy (non-hydrogen) atoms. The Labute approximate surface area is 278 Å². The minimum Gasteiger partial charge on any atom is -0.480 e. The van der Waals surface area contributed by atoms with Crippen molar-refractivity contribution in [1.29, 1.82) is 0 Å². The first-order valence-corrected chi connectivity index (χ1v) is 16.9. The molecule has 0 aromatic heterocycles. The Morgan fingerprint density at radius 1 is 1.09 bits per heavy atom. The van der Waals surface area contributed by atoms with Crippen LogP contribution >= 0.6 is 11.8 Å². The number of allylic oxidation sites excluding steroid dienone is 1. The van der Waals surface area contributed by atoms with Gasteiger partial charge in [0.25, 0.3) is 0 Å². The highest BCUT2D eigenvalue weighted by Gasteiger charge is 2.52. The lowest BCUT2D eigenvalue weighted by Gasteiger charge is -2.42. The molecule has 1 aliphatic heterocycles. The van der Waals surface area contributed by atoms with Crippen molar-refractivity contribution in [3.8, 4) is 0 Å². The van der Waals surface area contributed by atoms with E-state index in [0.717, 1.165) is 31.3 Å². The summed E-state index contributed by atoms with van der Waals surface area (Å²) >= 11 is 1.37. The normalized spacial score (nSPS) is 23.6. The van der Waals surface area contributed by atoms with Gasteiger partial charge in [0.1, 0.15) is 23.8 Å². The van der Waals surface area contributed by atoms with Crippen molar-refractivity contribution in [2.24, 2.45) is 11.8 Å². The molecular weight excluding hydrogens is 628 g/mol. The van der Waals surface area contributed by atoms with Gasteiger partial charge in [0.05, 0.1) is 4.75 Å². The van der Waals surface area contributed by atoms with Gasteiger partial charge >= 0.3 is 17.9 Å². The molecule has 2 aliphatic carbocycles. The van der Waals surface area contributed by atoms with Gasteiger partial charge in [-0.3, -0.25) is 24.5 Å². The number of aliphatic hydroxyl groups is 1. The first-order valence-electron chi connectivity index (χ1n) is 15.9. The summed E-state index contributed by atoms with van der Waals surface area (Å²) in [6.45, 7) is 2.23. The van der Waals surface area contributed by atoms with E-state index < -0.39 is 52.7 Å². The van der Waals surface area contributed by atoms with Crippen LogP contribution in [0.3, 0.4) is 0 Å². The second-order valence-electron chi connectivity index (χ2n) is 12.2. The average molecular weight is 673 g/mol. The topological polar surface area (TPSA) is 203 Å². The molecule has 0 fully saturated rings. The summed E-state index contributed by atoms with van der Waals surface area (Å²) in [6, 6.07) is 7.83. The van der Waals surface area contributed by atoms with Crippen molar-refractivity contribution in [2.75, 3.05) is 19.5 Å². The number of amides is 2. The summed E-state index contributed by atoms with van der Waals surface area (Å²) in [5.74, 6) is -4.34. The molecule has 0 saturated carbocycles.